The third-order valence-electron chi connectivity index (χ3n) is 4.45. The van der Waals surface area contributed by atoms with Crippen LogP contribution in [0.1, 0.15) is 60.3 Å². The topological polar surface area (TPSA) is 116 Å². The first-order valence-electron chi connectivity index (χ1n) is 10.5. The monoisotopic (exact) mass is 454 g/mol. The summed E-state index contributed by atoms with van der Waals surface area (Å²) in [5.41, 5.74) is 3.97. The molecule has 0 aliphatic rings. The number of carboxylic acids is 1. The third-order valence-corrected chi connectivity index (χ3v) is 5.42. The first-order chi connectivity index (χ1) is 14.6. The smallest absolute Gasteiger partial charge is 0.327 e. The molecule has 0 aliphatic heterocycles. The van der Waals surface area contributed by atoms with Crippen LogP contribution in [0.5, 0.6) is 0 Å². The van der Waals surface area contributed by atoms with Crippen LogP contribution in [-0.4, -0.2) is 58.2 Å². The maximum atomic E-state index is 12.1. The van der Waals surface area contributed by atoms with Gasteiger partial charge >= 0.3 is 5.97 Å². The van der Waals surface area contributed by atoms with Gasteiger partial charge in [0.1, 0.15) is 12.1 Å². The molecule has 0 aromatic rings. The average Bonchev–Trinajstić information content (AvgIpc) is 2.67. The van der Waals surface area contributed by atoms with Crippen LogP contribution in [0.25, 0.3) is 0 Å². The minimum Gasteiger partial charge on any atom is -0.480 e. The molecule has 0 rings (SSSR count). The summed E-state index contributed by atoms with van der Waals surface area (Å²) >= 11 is 1.40. The molecular weight excluding hydrogens is 416 g/mol. The van der Waals surface area contributed by atoms with Crippen molar-refractivity contribution in [2.45, 2.75) is 72.4 Å². The van der Waals surface area contributed by atoms with Crippen LogP contribution in [0.15, 0.2) is 34.9 Å². The number of carboxylic acid groups (broad SMARTS) is 1. The maximum Gasteiger partial charge on any atom is 0.327 e. The van der Waals surface area contributed by atoms with Gasteiger partial charge in [-0.1, -0.05) is 34.9 Å². The number of carbonyl (C=O) groups excluding carboxylic acids is 2. The number of allylic oxidation sites excluding steroid dienone is 5. The lowest BCUT2D eigenvalue weighted by Gasteiger charge is -2.19. The van der Waals surface area contributed by atoms with Crippen molar-refractivity contribution < 1.29 is 24.6 Å². The Balaban J connectivity index is 4.40. The number of thioether (sulfide) groups is 1. The van der Waals surface area contributed by atoms with Gasteiger partial charge in [0.2, 0.25) is 11.8 Å². The predicted octanol–water partition coefficient (Wildman–Crippen LogP) is 3.21. The summed E-state index contributed by atoms with van der Waals surface area (Å²) in [6.45, 7) is 9.04. The number of hydrogen-bond acceptors (Lipinski definition) is 5. The van der Waals surface area contributed by atoms with Crippen LogP contribution in [0.3, 0.4) is 0 Å². The van der Waals surface area contributed by atoms with Crippen molar-refractivity contribution in [1.82, 2.24) is 10.6 Å². The SMILES string of the molecule is CC(=O)N[C@H](CO)C(=O)N[C@@H](CSCC=C(C)CCC=C(C)CCC=C(C)C)C(=O)O. The third kappa shape index (κ3) is 15.4. The largest absolute Gasteiger partial charge is 0.480 e. The Morgan fingerprint density at radius 3 is 1.97 bits per heavy atom. The van der Waals surface area contributed by atoms with Crippen molar-refractivity contribution in [1.29, 1.82) is 0 Å². The summed E-state index contributed by atoms with van der Waals surface area (Å²) in [5, 5.41) is 23.2. The quantitative estimate of drug-likeness (QED) is 0.223. The molecule has 31 heavy (non-hydrogen) atoms. The number of aliphatic hydroxyl groups excluding tert-OH is 1. The maximum absolute atomic E-state index is 12.1. The summed E-state index contributed by atoms with van der Waals surface area (Å²) in [5.74, 6) is -1.52. The Hall–Kier alpha value is -2.06. The van der Waals surface area contributed by atoms with Crippen LogP contribution >= 0.6 is 11.8 Å². The van der Waals surface area contributed by atoms with Crippen molar-refractivity contribution in [3.8, 4) is 0 Å². The van der Waals surface area contributed by atoms with Gasteiger partial charge in [-0.25, -0.2) is 4.79 Å². The van der Waals surface area contributed by atoms with E-state index in [0.29, 0.717) is 5.75 Å². The van der Waals surface area contributed by atoms with Crippen molar-refractivity contribution in [2.75, 3.05) is 18.1 Å². The average molecular weight is 455 g/mol. The van der Waals surface area contributed by atoms with Crippen molar-refractivity contribution in [2.24, 2.45) is 0 Å². The van der Waals surface area contributed by atoms with E-state index in [1.165, 1.54) is 35.4 Å². The van der Waals surface area contributed by atoms with Crippen LogP contribution in [0, 0.1) is 0 Å². The minimum absolute atomic E-state index is 0.187. The van der Waals surface area contributed by atoms with Crippen LogP contribution in [0.2, 0.25) is 0 Å². The zero-order valence-corrected chi connectivity index (χ0v) is 20.2. The molecule has 176 valence electrons. The number of rotatable bonds is 15. The second-order valence-electron chi connectivity index (χ2n) is 7.83. The van der Waals surface area contributed by atoms with E-state index < -0.39 is 36.5 Å². The Morgan fingerprint density at radius 2 is 1.45 bits per heavy atom. The molecule has 7 nitrogen and oxygen atoms in total. The number of nitrogens with one attached hydrogen (secondary N) is 2. The second-order valence-corrected chi connectivity index (χ2v) is 8.91. The van der Waals surface area contributed by atoms with Crippen molar-refractivity contribution in [3.05, 3.63) is 34.9 Å². The highest BCUT2D eigenvalue weighted by molar-refractivity contribution is 7.99. The van der Waals surface area contributed by atoms with E-state index in [-0.39, 0.29) is 5.75 Å². The minimum atomic E-state index is -1.16. The van der Waals surface area contributed by atoms with Gasteiger partial charge < -0.3 is 20.8 Å². The molecular formula is C23H38N2O5S. The number of carbonyl (C=O) groups is 3. The summed E-state index contributed by atoms with van der Waals surface area (Å²) in [6.07, 6.45) is 10.7. The fourth-order valence-corrected chi connectivity index (χ4v) is 3.61. The van der Waals surface area contributed by atoms with Crippen LogP contribution in [0.4, 0.5) is 0 Å². The highest BCUT2D eigenvalue weighted by atomic mass is 32.2. The fraction of sp³-hybridized carbons (Fsp3) is 0.609. The summed E-state index contributed by atoms with van der Waals surface area (Å²) in [7, 11) is 0. The Labute approximate surface area is 190 Å². The van der Waals surface area contributed by atoms with E-state index in [1.807, 2.05) is 0 Å². The summed E-state index contributed by atoms with van der Waals surface area (Å²) in [4.78, 5) is 34.5. The first kappa shape index (κ1) is 28.9. The molecule has 0 unspecified atom stereocenters. The van der Waals surface area contributed by atoms with E-state index in [0.717, 1.165) is 25.7 Å². The van der Waals surface area contributed by atoms with E-state index in [1.54, 1.807) is 0 Å². The number of amides is 2. The summed E-state index contributed by atoms with van der Waals surface area (Å²) in [6, 6.07) is -2.26. The van der Waals surface area contributed by atoms with Gasteiger partial charge in [0.25, 0.3) is 0 Å². The number of aliphatic carboxylic acids is 1. The Kier molecular flexibility index (Phi) is 15.5. The molecule has 0 spiro atoms. The molecule has 0 saturated carbocycles. The molecule has 0 bridgehead atoms. The van der Waals surface area contributed by atoms with Gasteiger partial charge in [0, 0.05) is 18.4 Å². The molecule has 0 radical (unpaired) electrons. The molecule has 4 N–H and O–H groups in total. The molecule has 0 aromatic carbocycles. The normalized spacial score (nSPS) is 13.9. The highest BCUT2D eigenvalue weighted by Crippen LogP contribution is 2.13. The molecule has 2 amide bonds. The highest BCUT2D eigenvalue weighted by Gasteiger charge is 2.25. The lowest BCUT2D eigenvalue weighted by atomic mass is 10.1. The molecule has 0 saturated heterocycles. The van der Waals surface area contributed by atoms with Crippen molar-refractivity contribution in [3.63, 3.8) is 0 Å². The molecule has 0 aliphatic carbocycles. The fourth-order valence-electron chi connectivity index (χ4n) is 2.61. The Bertz CT molecular complexity index is 681. The summed E-state index contributed by atoms with van der Waals surface area (Å²) < 4.78 is 0. The molecule has 0 heterocycles. The zero-order valence-electron chi connectivity index (χ0n) is 19.4. The van der Waals surface area contributed by atoms with Gasteiger partial charge in [-0.2, -0.15) is 11.8 Å². The molecule has 8 heteroatoms. The van der Waals surface area contributed by atoms with Crippen molar-refractivity contribution >= 4 is 29.5 Å². The van der Waals surface area contributed by atoms with Gasteiger partial charge in [-0.05, 0) is 53.4 Å². The lowest BCUT2D eigenvalue weighted by molar-refractivity contribution is -0.141. The number of hydrogen-bond donors (Lipinski definition) is 4. The van der Waals surface area contributed by atoms with E-state index in [2.05, 4.69) is 56.6 Å². The number of aliphatic hydroxyl groups is 1. The Morgan fingerprint density at radius 1 is 0.871 bits per heavy atom. The van der Waals surface area contributed by atoms with Gasteiger partial charge in [-0.15, -0.1) is 0 Å². The van der Waals surface area contributed by atoms with Gasteiger partial charge in [-0.3, -0.25) is 9.59 Å². The molecule has 0 aromatic heterocycles. The lowest BCUT2D eigenvalue weighted by Crippen LogP contribution is -2.53. The predicted molar refractivity (Wildman–Crippen MR) is 127 cm³/mol. The van der Waals surface area contributed by atoms with Crippen LogP contribution in [-0.2, 0) is 14.4 Å². The second kappa shape index (κ2) is 16.6. The molecule has 2 atom stereocenters. The standard InChI is InChI=1S/C23H38N2O5S/c1-16(2)8-6-9-17(3)10-7-11-18(4)12-13-31-15-21(23(29)30)25-22(28)20(14-26)24-19(5)27/h8,10,12,20-21,26H,6-7,9,11,13-15H2,1-5H3,(H,24,27)(H,25,28)(H,29,30)/t20-,21+/m1/s1. The van der Waals surface area contributed by atoms with E-state index in [9.17, 15) is 24.6 Å². The molecule has 0 fully saturated rings. The van der Waals surface area contributed by atoms with E-state index >= 15 is 0 Å². The zero-order chi connectivity index (χ0) is 23.8. The van der Waals surface area contributed by atoms with Crippen LogP contribution < -0.4 is 10.6 Å². The van der Waals surface area contributed by atoms with E-state index in [4.69, 9.17) is 0 Å². The van der Waals surface area contributed by atoms with Gasteiger partial charge in [0.05, 0.1) is 6.61 Å². The first-order valence-corrected chi connectivity index (χ1v) is 11.7. The van der Waals surface area contributed by atoms with Gasteiger partial charge in [0.15, 0.2) is 0 Å².